The van der Waals surface area contributed by atoms with Gasteiger partial charge in [0.2, 0.25) is 5.91 Å². The highest BCUT2D eigenvalue weighted by Gasteiger charge is 2.18. The van der Waals surface area contributed by atoms with Crippen LogP contribution in [0.15, 0.2) is 48.5 Å². The number of ether oxygens (including phenoxy) is 2. The van der Waals surface area contributed by atoms with Crippen molar-refractivity contribution in [3.05, 3.63) is 54.1 Å². The van der Waals surface area contributed by atoms with Crippen LogP contribution in [-0.2, 0) is 9.53 Å². The Bertz CT molecular complexity index is 917. The molecule has 2 aliphatic rings. The average Bonchev–Trinajstić information content (AvgIpc) is 3.22. The van der Waals surface area contributed by atoms with Crippen molar-refractivity contribution in [2.75, 3.05) is 43.5 Å². The summed E-state index contributed by atoms with van der Waals surface area (Å²) in [5.74, 6) is 0.659. The molecule has 33 heavy (non-hydrogen) atoms. The van der Waals surface area contributed by atoms with E-state index in [9.17, 15) is 9.59 Å². The minimum absolute atomic E-state index is 0.0619. The Morgan fingerprint density at radius 1 is 0.970 bits per heavy atom. The zero-order valence-electron chi connectivity index (χ0n) is 19.1. The van der Waals surface area contributed by atoms with Gasteiger partial charge in [0.1, 0.15) is 12.4 Å². The first kappa shape index (κ1) is 23.1. The molecule has 2 heterocycles. The van der Waals surface area contributed by atoms with E-state index in [1.807, 2.05) is 53.4 Å². The molecule has 2 aromatic carbocycles. The van der Waals surface area contributed by atoms with Crippen LogP contribution < -0.4 is 15.4 Å². The van der Waals surface area contributed by atoms with Crippen LogP contribution in [0.1, 0.15) is 48.9 Å². The SMILES string of the molecule is O=C(CNc1cccc(C(=O)N2CCCCCC2)c1)Nc1ccc(OCC2CCCO2)cc1. The van der Waals surface area contributed by atoms with E-state index in [1.165, 1.54) is 12.8 Å². The first-order valence-corrected chi connectivity index (χ1v) is 11.9. The molecule has 0 aliphatic carbocycles. The van der Waals surface area contributed by atoms with Crippen molar-refractivity contribution in [2.24, 2.45) is 0 Å². The second-order valence-electron chi connectivity index (χ2n) is 8.66. The fraction of sp³-hybridized carbons (Fsp3) is 0.462. The number of carbonyl (C=O) groups is 2. The number of carbonyl (C=O) groups excluding carboxylic acids is 2. The summed E-state index contributed by atoms with van der Waals surface area (Å²) in [7, 11) is 0. The molecule has 2 aliphatic heterocycles. The van der Waals surface area contributed by atoms with E-state index in [1.54, 1.807) is 0 Å². The molecule has 2 N–H and O–H groups in total. The summed E-state index contributed by atoms with van der Waals surface area (Å²) in [5, 5.41) is 5.99. The highest BCUT2D eigenvalue weighted by molar-refractivity contribution is 5.96. The highest BCUT2D eigenvalue weighted by Crippen LogP contribution is 2.19. The van der Waals surface area contributed by atoms with E-state index >= 15 is 0 Å². The van der Waals surface area contributed by atoms with Gasteiger partial charge in [-0.15, -0.1) is 0 Å². The quantitative estimate of drug-likeness (QED) is 0.625. The fourth-order valence-corrected chi connectivity index (χ4v) is 4.21. The van der Waals surface area contributed by atoms with E-state index in [-0.39, 0.29) is 24.5 Å². The van der Waals surface area contributed by atoms with Crippen molar-refractivity contribution in [1.82, 2.24) is 4.90 Å². The molecule has 0 radical (unpaired) electrons. The maximum absolute atomic E-state index is 12.8. The summed E-state index contributed by atoms with van der Waals surface area (Å²) >= 11 is 0. The Morgan fingerprint density at radius 3 is 2.48 bits per heavy atom. The van der Waals surface area contributed by atoms with Gasteiger partial charge in [0.25, 0.3) is 5.91 Å². The summed E-state index contributed by atoms with van der Waals surface area (Å²) in [5.41, 5.74) is 2.11. The summed E-state index contributed by atoms with van der Waals surface area (Å²) in [6, 6.07) is 14.7. The molecule has 0 aromatic heterocycles. The normalized spacial score (nSPS) is 18.4. The summed E-state index contributed by atoms with van der Waals surface area (Å²) < 4.78 is 11.3. The van der Waals surface area contributed by atoms with Gasteiger partial charge >= 0.3 is 0 Å². The van der Waals surface area contributed by atoms with E-state index in [0.29, 0.717) is 17.9 Å². The molecule has 7 nitrogen and oxygen atoms in total. The molecule has 2 aromatic rings. The number of hydrogen-bond acceptors (Lipinski definition) is 5. The number of nitrogens with one attached hydrogen (secondary N) is 2. The van der Waals surface area contributed by atoms with Gasteiger partial charge in [0, 0.05) is 36.6 Å². The second-order valence-corrected chi connectivity index (χ2v) is 8.66. The van der Waals surface area contributed by atoms with Crippen LogP contribution >= 0.6 is 0 Å². The van der Waals surface area contributed by atoms with Gasteiger partial charge < -0.3 is 25.0 Å². The largest absolute Gasteiger partial charge is 0.491 e. The number of anilines is 2. The highest BCUT2D eigenvalue weighted by atomic mass is 16.5. The Labute approximate surface area is 195 Å². The number of benzene rings is 2. The zero-order chi connectivity index (χ0) is 22.9. The average molecular weight is 452 g/mol. The minimum atomic E-state index is -0.160. The molecule has 0 bridgehead atoms. The van der Waals surface area contributed by atoms with Gasteiger partial charge in [-0.2, -0.15) is 0 Å². The number of nitrogens with zero attached hydrogens (tertiary/aromatic N) is 1. The molecule has 2 amide bonds. The van der Waals surface area contributed by atoms with Gasteiger partial charge in [-0.3, -0.25) is 9.59 Å². The molecule has 7 heteroatoms. The van der Waals surface area contributed by atoms with Crippen LogP contribution in [-0.4, -0.2) is 55.7 Å². The van der Waals surface area contributed by atoms with Crippen LogP contribution in [0.4, 0.5) is 11.4 Å². The third kappa shape index (κ3) is 6.96. The minimum Gasteiger partial charge on any atom is -0.491 e. The monoisotopic (exact) mass is 451 g/mol. The first-order chi connectivity index (χ1) is 16.2. The fourth-order valence-electron chi connectivity index (χ4n) is 4.21. The van der Waals surface area contributed by atoms with Crippen LogP contribution in [0.25, 0.3) is 0 Å². The Morgan fingerprint density at radius 2 is 1.76 bits per heavy atom. The Kier molecular flexibility index (Phi) is 8.19. The smallest absolute Gasteiger partial charge is 0.253 e. The van der Waals surface area contributed by atoms with E-state index in [0.717, 1.165) is 56.8 Å². The Balaban J connectivity index is 1.24. The van der Waals surface area contributed by atoms with Crippen LogP contribution in [0.2, 0.25) is 0 Å². The third-order valence-electron chi connectivity index (χ3n) is 6.05. The van der Waals surface area contributed by atoms with E-state index < -0.39 is 0 Å². The van der Waals surface area contributed by atoms with Gasteiger partial charge in [0.05, 0.1) is 12.6 Å². The number of rotatable bonds is 8. The van der Waals surface area contributed by atoms with Crippen molar-refractivity contribution in [3.63, 3.8) is 0 Å². The van der Waals surface area contributed by atoms with Crippen molar-refractivity contribution >= 4 is 23.2 Å². The third-order valence-corrected chi connectivity index (χ3v) is 6.05. The predicted molar refractivity (Wildman–Crippen MR) is 129 cm³/mol. The lowest BCUT2D eigenvalue weighted by Gasteiger charge is -2.20. The predicted octanol–water partition coefficient (Wildman–Crippen LogP) is 4.31. The van der Waals surface area contributed by atoms with Gasteiger partial charge in [-0.25, -0.2) is 0 Å². The summed E-state index contributed by atoms with van der Waals surface area (Å²) in [6.45, 7) is 3.10. The van der Waals surface area contributed by atoms with E-state index in [2.05, 4.69) is 10.6 Å². The second kappa shape index (κ2) is 11.7. The number of hydrogen-bond donors (Lipinski definition) is 2. The molecule has 2 fully saturated rings. The lowest BCUT2D eigenvalue weighted by molar-refractivity contribution is -0.114. The number of amides is 2. The van der Waals surface area contributed by atoms with Gasteiger partial charge in [-0.1, -0.05) is 18.9 Å². The van der Waals surface area contributed by atoms with Crippen LogP contribution in [0, 0.1) is 0 Å². The van der Waals surface area contributed by atoms with Gasteiger partial charge in [-0.05, 0) is 68.1 Å². The Hall–Kier alpha value is -3.06. The van der Waals surface area contributed by atoms with Crippen LogP contribution in [0.3, 0.4) is 0 Å². The maximum Gasteiger partial charge on any atom is 0.253 e. The number of likely N-dealkylation sites (tertiary alicyclic amines) is 1. The molecule has 2 saturated heterocycles. The van der Waals surface area contributed by atoms with Crippen molar-refractivity contribution < 1.29 is 19.1 Å². The van der Waals surface area contributed by atoms with E-state index in [4.69, 9.17) is 9.47 Å². The molecule has 1 atom stereocenters. The van der Waals surface area contributed by atoms with Crippen molar-refractivity contribution in [3.8, 4) is 5.75 Å². The standard InChI is InChI=1S/C26H33N3O4/c30-25(28-21-10-12-23(13-11-21)33-19-24-9-6-16-32-24)18-27-22-8-5-7-20(17-22)26(31)29-14-3-1-2-4-15-29/h5,7-8,10-13,17,24,27H,1-4,6,9,14-16,18-19H2,(H,28,30). The van der Waals surface area contributed by atoms with Gasteiger partial charge in [0.15, 0.2) is 0 Å². The lowest BCUT2D eigenvalue weighted by atomic mass is 10.1. The van der Waals surface area contributed by atoms with Crippen molar-refractivity contribution in [2.45, 2.75) is 44.6 Å². The molecule has 0 saturated carbocycles. The molecular weight excluding hydrogens is 418 g/mol. The van der Waals surface area contributed by atoms with Crippen molar-refractivity contribution in [1.29, 1.82) is 0 Å². The first-order valence-electron chi connectivity index (χ1n) is 11.9. The molecule has 1 unspecified atom stereocenters. The molecule has 176 valence electrons. The molecule has 4 rings (SSSR count). The lowest BCUT2D eigenvalue weighted by Crippen LogP contribution is -2.31. The molecular formula is C26H33N3O4. The molecule has 0 spiro atoms. The summed E-state index contributed by atoms with van der Waals surface area (Å²) in [4.78, 5) is 27.2. The summed E-state index contributed by atoms with van der Waals surface area (Å²) in [6.07, 6.45) is 6.80. The zero-order valence-corrected chi connectivity index (χ0v) is 19.1. The van der Waals surface area contributed by atoms with Crippen LogP contribution in [0.5, 0.6) is 5.75 Å². The maximum atomic E-state index is 12.8. The topological polar surface area (TPSA) is 79.9 Å².